The average Bonchev–Trinajstić information content (AvgIpc) is 3.29. The largest absolute Gasteiger partial charge is 0.465 e. The van der Waals surface area contributed by atoms with Crippen molar-refractivity contribution in [1.82, 2.24) is 4.98 Å². The predicted molar refractivity (Wildman–Crippen MR) is 84.1 cm³/mol. The first-order chi connectivity index (χ1) is 11.6. The fraction of sp³-hybridized carbons (Fsp3) is 0.333. The molecule has 1 heterocycles. The molecule has 6 nitrogen and oxygen atoms in total. The van der Waals surface area contributed by atoms with Crippen LogP contribution in [-0.4, -0.2) is 36.2 Å². The summed E-state index contributed by atoms with van der Waals surface area (Å²) in [6, 6.07) is 3.50. The molecule has 2 atom stereocenters. The Morgan fingerprint density at radius 2 is 1.67 bits per heavy atom. The smallest absolute Gasteiger partial charge is 0.338 e. The van der Waals surface area contributed by atoms with Gasteiger partial charge >= 0.3 is 11.9 Å². The van der Waals surface area contributed by atoms with E-state index in [9.17, 15) is 14.7 Å². The molecule has 2 bridgehead atoms. The number of hydrogen-bond acceptors (Lipinski definition) is 5. The molecule has 0 spiro atoms. The van der Waals surface area contributed by atoms with E-state index in [2.05, 4.69) is 4.98 Å². The zero-order chi connectivity index (χ0) is 17.0. The maximum atomic E-state index is 12.1. The van der Waals surface area contributed by atoms with Crippen molar-refractivity contribution in [3.8, 4) is 0 Å². The number of aliphatic hydroxyl groups is 1. The molecule has 1 aromatic heterocycles. The molecule has 24 heavy (non-hydrogen) atoms. The highest BCUT2D eigenvalue weighted by atomic mass is 16.5. The Morgan fingerprint density at radius 3 is 2.21 bits per heavy atom. The van der Waals surface area contributed by atoms with Crippen molar-refractivity contribution in [1.29, 1.82) is 0 Å². The summed E-state index contributed by atoms with van der Waals surface area (Å²) < 4.78 is 9.63. The quantitative estimate of drug-likeness (QED) is 0.843. The normalized spacial score (nSPS) is 19.8. The van der Waals surface area contributed by atoms with E-state index in [1.165, 1.54) is 14.2 Å². The van der Waals surface area contributed by atoms with Crippen LogP contribution >= 0.6 is 0 Å². The SMILES string of the molecule is COC(=O)c1cc2c(cc1C(=O)OC)[C@H]1C[C@@H]2c2c[nH]c(CO)c21. The Balaban J connectivity index is 1.90. The van der Waals surface area contributed by atoms with Crippen molar-refractivity contribution < 1.29 is 24.2 Å². The third-order valence-electron chi connectivity index (χ3n) is 5.18. The second kappa shape index (κ2) is 5.21. The molecule has 1 aromatic carbocycles. The molecule has 0 aliphatic heterocycles. The first-order valence-electron chi connectivity index (χ1n) is 7.76. The summed E-state index contributed by atoms with van der Waals surface area (Å²) in [6.07, 6.45) is 2.83. The van der Waals surface area contributed by atoms with Crippen LogP contribution in [0.1, 0.15) is 66.9 Å². The number of aliphatic hydroxyl groups excluding tert-OH is 1. The van der Waals surface area contributed by atoms with Gasteiger partial charge in [0.1, 0.15) is 0 Å². The fourth-order valence-corrected chi connectivity index (χ4v) is 4.18. The van der Waals surface area contributed by atoms with Crippen LogP contribution in [0, 0.1) is 0 Å². The average molecular weight is 327 g/mol. The Labute approximate surface area is 138 Å². The van der Waals surface area contributed by atoms with Crippen molar-refractivity contribution in [2.45, 2.75) is 24.9 Å². The lowest BCUT2D eigenvalue weighted by molar-refractivity contribution is 0.0555. The Hall–Kier alpha value is -2.60. The molecular formula is C18H17NO5. The summed E-state index contributed by atoms with van der Waals surface area (Å²) in [6.45, 7) is -0.0437. The molecule has 4 rings (SSSR count). The number of aromatic nitrogens is 1. The first kappa shape index (κ1) is 15.0. The van der Waals surface area contributed by atoms with E-state index >= 15 is 0 Å². The van der Waals surface area contributed by atoms with Gasteiger partial charge in [0.05, 0.1) is 32.0 Å². The zero-order valence-corrected chi connectivity index (χ0v) is 13.4. The summed E-state index contributed by atoms with van der Waals surface area (Å²) in [5, 5.41) is 9.53. The van der Waals surface area contributed by atoms with Gasteiger partial charge in [-0.2, -0.15) is 0 Å². The van der Waals surface area contributed by atoms with Crippen LogP contribution in [0.4, 0.5) is 0 Å². The number of methoxy groups -OCH3 is 2. The van der Waals surface area contributed by atoms with Gasteiger partial charge < -0.3 is 19.6 Å². The Bertz CT molecular complexity index is 867. The number of carbonyl (C=O) groups is 2. The molecule has 0 fully saturated rings. The van der Waals surface area contributed by atoms with E-state index in [1.54, 1.807) is 12.1 Å². The monoisotopic (exact) mass is 327 g/mol. The minimum atomic E-state index is -0.558. The van der Waals surface area contributed by atoms with Gasteiger partial charge in [-0.15, -0.1) is 0 Å². The highest BCUT2D eigenvalue weighted by Crippen LogP contribution is 2.57. The van der Waals surface area contributed by atoms with E-state index in [-0.39, 0.29) is 29.6 Å². The van der Waals surface area contributed by atoms with Crippen LogP contribution in [0.2, 0.25) is 0 Å². The van der Waals surface area contributed by atoms with Crippen LogP contribution in [0.3, 0.4) is 0 Å². The van der Waals surface area contributed by atoms with Crippen molar-refractivity contribution in [2.24, 2.45) is 0 Å². The minimum absolute atomic E-state index is 0.0437. The van der Waals surface area contributed by atoms with Crippen molar-refractivity contribution in [3.63, 3.8) is 0 Å². The number of H-pyrrole nitrogens is 1. The van der Waals surface area contributed by atoms with Gasteiger partial charge in [-0.1, -0.05) is 0 Å². The van der Waals surface area contributed by atoms with E-state index in [0.29, 0.717) is 0 Å². The molecule has 2 aromatic rings. The Morgan fingerprint density at radius 1 is 1.08 bits per heavy atom. The number of carbonyl (C=O) groups excluding carboxylic acids is 2. The van der Waals surface area contributed by atoms with Crippen LogP contribution in [0.25, 0.3) is 0 Å². The molecule has 0 radical (unpaired) electrons. The number of hydrogen-bond donors (Lipinski definition) is 2. The molecular weight excluding hydrogens is 310 g/mol. The number of benzene rings is 1. The molecule has 6 heteroatoms. The molecule has 2 aliphatic rings. The third kappa shape index (κ3) is 1.80. The highest BCUT2D eigenvalue weighted by molar-refractivity contribution is 6.03. The maximum absolute atomic E-state index is 12.1. The van der Waals surface area contributed by atoms with Crippen molar-refractivity contribution in [3.05, 3.63) is 57.4 Å². The molecule has 124 valence electrons. The van der Waals surface area contributed by atoms with Crippen LogP contribution < -0.4 is 0 Å². The molecule has 2 aliphatic carbocycles. The molecule has 0 unspecified atom stereocenters. The van der Waals surface area contributed by atoms with Gasteiger partial charge in [-0.25, -0.2) is 9.59 Å². The third-order valence-corrected chi connectivity index (χ3v) is 5.18. The van der Waals surface area contributed by atoms with Gasteiger partial charge in [0.15, 0.2) is 0 Å². The second-order valence-corrected chi connectivity index (χ2v) is 6.15. The lowest BCUT2D eigenvalue weighted by atomic mass is 9.85. The number of nitrogens with one attached hydrogen (secondary N) is 1. The topological polar surface area (TPSA) is 88.6 Å². The molecule has 0 saturated carbocycles. The number of ether oxygens (including phenoxy) is 2. The van der Waals surface area contributed by atoms with Crippen LogP contribution in [-0.2, 0) is 16.1 Å². The summed E-state index contributed by atoms with van der Waals surface area (Å²) in [5.74, 6) is -0.806. The Kier molecular flexibility index (Phi) is 3.25. The minimum Gasteiger partial charge on any atom is -0.465 e. The number of aromatic amines is 1. The van der Waals surface area contributed by atoms with E-state index in [1.807, 2.05) is 6.20 Å². The number of esters is 2. The lowest BCUT2D eigenvalue weighted by Crippen LogP contribution is -2.15. The van der Waals surface area contributed by atoms with Gasteiger partial charge in [-0.05, 0) is 40.8 Å². The summed E-state index contributed by atoms with van der Waals surface area (Å²) in [4.78, 5) is 27.3. The second-order valence-electron chi connectivity index (χ2n) is 6.15. The van der Waals surface area contributed by atoms with Gasteiger partial charge in [0, 0.05) is 23.7 Å². The van der Waals surface area contributed by atoms with Crippen molar-refractivity contribution >= 4 is 11.9 Å². The number of fused-ring (bicyclic) bond motifs is 8. The molecule has 0 saturated heterocycles. The van der Waals surface area contributed by atoms with E-state index in [4.69, 9.17) is 9.47 Å². The van der Waals surface area contributed by atoms with E-state index < -0.39 is 11.9 Å². The summed E-state index contributed by atoms with van der Waals surface area (Å²) in [5.41, 5.74) is 5.63. The zero-order valence-electron chi connectivity index (χ0n) is 13.4. The van der Waals surface area contributed by atoms with Crippen LogP contribution in [0.15, 0.2) is 18.3 Å². The van der Waals surface area contributed by atoms with Crippen molar-refractivity contribution in [2.75, 3.05) is 14.2 Å². The molecule has 2 N–H and O–H groups in total. The maximum Gasteiger partial charge on any atom is 0.338 e. The highest BCUT2D eigenvalue weighted by Gasteiger charge is 2.44. The lowest BCUT2D eigenvalue weighted by Gasteiger charge is -2.19. The standard InChI is InChI=1S/C18H17NO5/c1-23-17(21)12-4-8-9(5-13(12)18(22)24-2)11-3-10(8)14-6-19-15(7-20)16(11)14/h4-6,10-11,19-20H,3,7H2,1-2H3/t10-,11+/m0/s1. The number of rotatable bonds is 3. The molecule has 0 amide bonds. The first-order valence-corrected chi connectivity index (χ1v) is 7.76. The van der Waals surface area contributed by atoms with Gasteiger partial charge in [-0.3, -0.25) is 0 Å². The van der Waals surface area contributed by atoms with Gasteiger partial charge in [0.2, 0.25) is 0 Å². The van der Waals surface area contributed by atoms with Gasteiger partial charge in [0.25, 0.3) is 0 Å². The summed E-state index contributed by atoms with van der Waals surface area (Å²) in [7, 11) is 2.58. The van der Waals surface area contributed by atoms with E-state index in [0.717, 1.165) is 34.4 Å². The summed E-state index contributed by atoms with van der Waals surface area (Å²) >= 11 is 0. The predicted octanol–water partition coefficient (Wildman–Crippen LogP) is 2.06. The fourth-order valence-electron chi connectivity index (χ4n) is 4.18. The van der Waals surface area contributed by atoms with Crippen LogP contribution in [0.5, 0.6) is 0 Å².